The number of carbonyl (C=O) groups excluding carboxylic acids is 2. The van der Waals surface area contributed by atoms with Gasteiger partial charge in [0.25, 0.3) is 0 Å². The normalized spacial score (nSPS) is 11.4. The number of anilines is 1. The Bertz CT molecular complexity index is 459. The molecule has 0 aliphatic carbocycles. The summed E-state index contributed by atoms with van der Waals surface area (Å²) < 4.78 is 0. The van der Waals surface area contributed by atoms with Crippen LogP contribution in [0.1, 0.15) is 19.8 Å². The van der Waals surface area contributed by atoms with Crippen molar-refractivity contribution in [2.75, 3.05) is 5.32 Å². The van der Waals surface area contributed by atoms with Crippen LogP contribution >= 0.6 is 0 Å². The Morgan fingerprint density at radius 2 is 1.84 bits per heavy atom. The molecule has 0 aliphatic rings. The van der Waals surface area contributed by atoms with Crippen molar-refractivity contribution in [2.45, 2.75) is 25.8 Å². The van der Waals surface area contributed by atoms with Crippen LogP contribution in [0, 0.1) is 0 Å². The van der Waals surface area contributed by atoms with Crippen molar-refractivity contribution < 1.29 is 19.5 Å². The summed E-state index contributed by atoms with van der Waals surface area (Å²) in [7, 11) is 0. The number of benzene rings is 1. The van der Waals surface area contributed by atoms with Gasteiger partial charge in [0.1, 0.15) is 6.04 Å². The molecule has 0 saturated carbocycles. The van der Waals surface area contributed by atoms with Crippen molar-refractivity contribution in [3.8, 4) is 0 Å². The third kappa shape index (κ3) is 5.67. The van der Waals surface area contributed by atoms with Crippen LogP contribution in [0.5, 0.6) is 0 Å². The molecule has 0 aliphatic heterocycles. The Morgan fingerprint density at radius 1 is 1.21 bits per heavy atom. The summed E-state index contributed by atoms with van der Waals surface area (Å²) in [4.78, 5) is 33.5. The summed E-state index contributed by atoms with van der Waals surface area (Å²) in [5.74, 6) is -1.82. The van der Waals surface area contributed by atoms with Crippen molar-refractivity contribution in [2.24, 2.45) is 0 Å². The summed E-state index contributed by atoms with van der Waals surface area (Å²) in [6, 6.07) is 7.90. The molecule has 6 nitrogen and oxygen atoms in total. The Labute approximate surface area is 110 Å². The Morgan fingerprint density at radius 3 is 2.37 bits per heavy atom. The molecule has 6 heteroatoms. The molecule has 102 valence electrons. The zero-order valence-corrected chi connectivity index (χ0v) is 10.6. The first-order valence-corrected chi connectivity index (χ1v) is 5.84. The monoisotopic (exact) mass is 264 g/mol. The number of rotatable bonds is 6. The van der Waals surface area contributed by atoms with E-state index in [-0.39, 0.29) is 18.7 Å². The van der Waals surface area contributed by atoms with Gasteiger partial charge < -0.3 is 15.7 Å². The van der Waals surface area contributed by atoms with Crippen LogP contribution in [-0.4, -0.2) is 28.9 Å². The van der Waals surface area contributed by atoms with Gasteiger partial charge in [-0.2, -0.15) is 0 Å². The number of carboxylic acid groups (broad SMARTS) is 1. The van der Waals surface area contributed by atoms with Gasteiger partial charge in [0.15, 0.2) is 0 Å². The van der Waals surface area contributed by atoms with Crippen molar-refractivity contribution in [1.82, 2.24) is 5.32 Å². The predicted molar refractivity (Wildman–Crippen MR) is 69.5 cm³/mol. The highest BCUT2D eigenvalue weighted by Crippen LogP contribution is 2.07. The first-order valence-electron chi connectivity index (χ1n) is 5.84. The number of para-hydroxylation sites is 1. The molecule has 1 rings (SSSR count). The molecule has 0 aromatic heterocycles. The van der Waals surface area contributed by atoms with Crippen LogP contribution in [0.3, 0.4) is 0 Å². The molecule has 0 bridgehead atoms. The fourth-order valence-electron chi connectivity index (χ4n) is 1.53. The average Bonchev–Trinajstić information content (AvgIpc) is 2.35. The van der Waals surface area contributed by atoms with E-state index >= 15 is 0 Å². The van der Waals surface area contributed by atoms with E-state index < -0.39 is 17.9 Å². The molecular formula is C13H16N2O4. The van der Waals surface area contributed by atoms with Crippen LogP contribution in [-0.2, 0) is 14.4 Å². The number of nitrogens with one attached hydrogen (secondary N) is 2. The summed E-state index contributed by atoms with van der Waals surface area (Å²) >= 11 is 0. The summed E-state index contributed by atoms with van der Waals surface area (Å²) in [5.41, 5.74) is 0.596. The SMILES string of the molecule is CC(=O)N[C@H](CCC(=O)O)C(=O)Nc1ccccc1. The lowest BCUT2D eigenvalue weighted by Gasteiger charge is -2.16. The average molecular weight is 264 g/mol. The van der Waals surface area contributed by atoms with Crippen LogP contribution in [0.4, 0.5) is 5.69 Å². The molecule has 0 spiro atoms. The third-order valence-corrected chi connectivity index (χ3v) is 2.38. The second-order valence-electron chi connectivity index (χ2n) is 4.04. The molecule has 1 aromatic rings. The maximum absolute atomic E-state index is 11.9. The second kappa shape index (κ2) is 7.15. The van der Waals surface area contributed by atoms with E-state index in [1.165, 1.54) is 6.92 Å². The molecular weight excluding hydrogens is 248 g/mol. The molecule has 19 heavy (non-hydrogen) atoms. The van der Waals surface area contributed by atoms with Crippen molar-refractivity contribution in [3.63, 3.8) is 0 Å². The van der Waals surface area contributed by atoms with Crippen LogP contribution in [0.15, 0.2) is 30.3 Å². The molecule has 1 atom stereocenters. The molecule has 3 N–H and O–H groups in total. The Hall–Kier alpha value is -2.37. The standard InChI is InChI=1S/C13H16N2O4/c1-9(16)14-11(7-8-12(17)18)13(19)15-10-5-3-2-4-6-10/h2-6,11H,7-8H2,1H3,(H,14,16)(H,15,19)(H,17,18)/t11-/m1/s1. The summed E-state index contributed by atoms with van der Waals surface area (Å²) in [6.45, 7) is 1.28. The van der Waals surface area contributed by atoms with Gasteiger partial charge in [-0.05, 0) is 18.6 Å². The maximum Gasteiger partial charge on any atom is 0.303 e. The Balaban J connectivity index is 2.65. The first-order chi connectivity index (χ1) is 8.99. The Kier molecular flexibility index (Phi) is 5.53. The summed E-state index contributed by atoms with van der Waals surface area (Å²) in [5, 5.41) is 13.7. The van der Waals surface area contributed by atoms with Crippen LogP contribution < -0.4 is 10.6 Å². The largest absolute Gasteiger partial charge is 0.481 e. The first kappa shape index (κ1) is 14.7. The van der Waals surface area contributed by atoms with E-state index in [2.05, 4.69) is 10.6 Å². The maximum atomic E-state index is 11.9. The van der Waals surface area contributed by atoms with Crippen molar-refractivity contribution in [3.05, 3.63) is 30.3 Å². The van der Waals surface area contributed by atoms with Gasteiger partial charge in [-0.1, -0.05) is 18.2 Å². The van der Waals surface area contributed by atoms with Gasteiger partial charge in [-0.25, -0.2) is 0 Å². The van der Waals surface area contributed by atoms with Crippen LogP contribution in [0.25, 0.3) is 0 Å². The molecule has 0 saturated heterocycles. The van der Waals surface area contributed by atoms with Gasteiger partial charge in [-0.15, -0.1) is 0 Å². The van der Waals surface area contributed by atoms with Gasteiger partial charge in [-0.3, -0.25) is 14.4 Å². The quantitative estimate of drug-likeness (QED) is 0.714. The molecule has 1 aromatic carbocycles. The lowest BCUT2D eigenvalue weighted by molar-refractivity contribution is -0.137. The van der Waals surface area contributed by atoms with E-state index in [4.69, 9.17) is 5.11 Å². The fraction of sp³-hybridized carbons (Fsp3) is 0.308. The number of hydrogen-bond donors (Lipinski definition) is 3. The fourth-order valence-corrected chi connectivity index (χ4v) is 1.53. The minimum atomic E-state index is -1.01. The van der Waals surface area contributed by atoms with E-state index in [0.717, 1.165) is 0 Å². The van der Waals surface area contributed by atoms with Crippen LogP contribution in [0.2, 0.25) is 0 Å². The number of carboxylic acids is 1. The smallest absolute Gasteiger partial charge is 0.303 e. The van der Waals surface area contributed by atoms with E-state index in [0.29, 0.717) is 5.69 Å². The molecule has 0 fully saturated rings. The number of hydrogen-bond acceptors (Lipinski definition) is 3. The molecule has 0 heterocycles. The van der Waals surface area contributed by atoms with Crippen molar-refractivity contribution in [1.29, 1.82) is 0 Å². The highest BCUT2D eigenvalue weighted by molar-refractivity contribution is 5.97. The van der Waals surface area contributed by atoms with Crippen molar-refractivity contribution >= 4 is 23.5 Å². The molecule has 0 radical (unpaired) electrons. The zero-order chi connectivity index (χ0) is 14.3. The second-order valence-corrected chi connectivity index (χ2v) is 4.04. The minimum absolute atomic E-state index is 0.0492. The predicted octanol–water partition coefficient (Wildman–Crippen LogP) is 0.995. The van der Waals surface area contributed by atoms with E-state index in [1.807, 2.05) is 6.07 Å². The topological polar surface area (TPSA) is 95.5 Å². The highest BCUT2D eigenvalue weighted by atomic mass is 16.4. The number of amides is 2. The van der Waals surface area contributed by atoms with Gasteiger partial charge in [0.2, 0.25) is 11.8 Å². The zero-order valence-electron chi connectivity index (χ0n) is 10.6. The number of aliphatic carboxylic acids is 1. The van der Waals surface area contributed by atoms with Gasteiger partial charge in [0.05, 0.1) is 0 Å². The van der Waals surface area contributed by atoms with Gasteiger partial charge >= 0.3 is 5.97 Å². The summed E-state index contributed by atoms with van der Waals surface area (Å²) in [6.07, 6.45) is -0.138. The highest BCUT2D eigenvalue weighted by Gasteiger charge is 2.20. The lowest BCUT2D eigenvalue weighted by Crippen LogP contribution is -2.43. The lowest BCUT2D eigenvalue weighted by atomic mass is 10.1. The van der Waals surface area contributed by atoms with E-state index in [9.17, 15) is 14.4 Å². The third-order valence-electron chi connectivity index (χ3n) is 2.38. The van der Waals surface area contributed by atoms with E-state index in [1.54, 1.807) is 24.3 Å². The number of carbonyl (C=O) groups is 3. The molecule has 0 unspecified atom stereocenters. The minimum Gasteiger partial charge on any atom is -0.481 e. The molecule has 2 amide bonds. The van der Waals surface area contributed by atoms with Gasteiger partial charge in [0, 0.05) is 19.0 Å².